The molecule has 0 saturated carbocycles. The van der Waals surface area contributed by atoms with E-state index in [2.05, 4.69) is 185 Å². The zero-order chi connectivity index (χ0) is 34.2. The standard InChI is InChI=1S/C30H19NS.C18H11NS/c1-2-9-20(10-3-1)21-11-8-12-22(17-21)31-27-15-6-4-13-23(27)25-18-26-24-14-5-7-16-29(24)32-30(26)19-28(25)31;1-3-7-15-11(5-1)13-9-14-12-6-2-4-8-17(12)20-18(14)10-16(13)19-15/h1-19H;1-10,19H. The first-order chi connectivity index (χ1) is 25.8. The third kappa shape index (κ3) is 4.62. The molecule has 244 valence electrons. The quantitative estimate of drug-likeness (QED) is 0.186. The highest BCUT2D eigenvalue weighted by Gasteiger charge is 2.16. The van der Waals surface area contributed by atoms with E-state index < -0.39 is 0 Å². The maximum absolute atomic E-state index is 3.52. The summed E-state index contributed by atoms with van der Waals surface area (Å²) in [5.74, 6) is 0. The molecule has 0 aliphatic rings. The summed E-state index contributed by atoms with van der Waals surface area (Å²) in [7, 11) is 0. The van der Waals surface area contributed by atoms with Crippen molar-refractivity contribution in [2.45, 2.75) is 0 Å². The first kappa shape index (κ1) is 29.5. The molecule has 0 amide bonds. The van der Waals surface area contributed by atoms with Gasteiger partial charge in [0.1, 0.15) is 0 Å². The molecule has 0 bridgehead atoms. The van der Waals surface area contributed by atoms with Crippen LogP contribution < -0.4 is 0 Å². The summed E-state index contributed by atoms with van der Waals surface area (Å²) >= 11 is 3.74. The SMILES string of the molecule is c1ccc(-c2cccc(-n3c4ccccc4c4cc5c(cc43)sc3ccccc35)c2)cc1.c1ccc2c(c1)[nH]c1cc3sc4ccccc4c3cc12. The Morgan fingerprint density at radius 3 is 1.69 bits per heavy atom. The Hall–Kier alpha value is -6.20. The number of aromatic nitrogens is 2. The molecule has 4 heterocycles. The van der Waals surface area contributed by atoms with Gasteiger partial charge < -0.3 is 9.55 Å². The molecule has 4 aromatic heterocycles. The summed E-state index contributed by atoms with van der Waals surface area (Å²) in [5, 5.41) is 10.6. The monoisotopic (exact) mass is 698 g/mol. The second-order valence-corrected chi connectivity index (χ2v) is 15.6. The van der Waals surface area contributed by atoms with Crippen LogP contribution in [-0.2, 0) is 0 Å². The predicted molar refractivity (Wildman–Crippen MR) is 228 cm³/mol. The topological polar surface area (TPSA) is 20.7 Å². The van der Waals surface area contributed by atoms with Gasteiger partial charge >= 0.3 is 0 Å². The maximum Gasteiger partial charge on any atom is 0.0555 e. The molecule has 12 aromatic rings. The Morgan fingerprint density at radius 1 is 0.327 bits per heavy atom. The number of nitrogens with one attached hydrogen (secondary N) is 1. The fourth-order valence-corrected chi connectivity index (χ4v) is 10.2. The Balaban J connectivity index is 0.000000137. The van der Waals surface area contributed by atoms with Crippen LogP contribution in [0.25, 0.3) is 101 Å². The Kier molecular flexibility index (Phi) is 6.63. The van der Waals surface area contributed by atoms with Gasteiger partial charge in [0, 0.05) is 78.6 Å². The molecule has 12 rings (SSSR count). The zero-order valence-electron chi connectivity index (χ0n) is 28.0. The molecule has 0 fully saturated rings. The van der Waals surface area contributed by atoms with Gasteiger partial charge in [-0.1, -0.05) is 115 Å². The summed E-state index contributed by atoms with van der Waals surface area (Å²) in [4.78, 5) is 3.52. The summed E-state index contributed by atoms with van der Waals surface area (Å²) in [6.45, 7) is 0. The Bertz CT molecular complexity index is 3220. The van der Waals surface area contributed by atoms with Crippen molar-refractivity contribution >= 4 is 107 Å². The van der Waals surface area contributed by atoms with E-state index in [0.29, 0.717) is 0 Å². The summed E-state index contributed by atoms with van der Waals surface area (Å²) in [6.07, 6.45) is 0. The lowest BCUT2D eigenvalue weighted by molar-refractivity contribution is 1.18. The van der Waals surface area contributed by atoms with Crippen molar-refractivity contribution in [2.24, 2.45) is 0 Å². The van der Waals surface area contributed by atoms with Gasteiger partial charge in [-0.25, -0.2) is 0 Å². The highest BCUT2D eigenvalue weighted by atomic mass is 32.1. The number of nitrogens with zero attached hydrogens (tertiary/aromatic N) is 1. The van der Waals surface area contributed by atoms with Crippen LogP contribution in [0.15, 0.2) is 176 Å². The number of hydrogen-bond donors (Lipinski definition) is 1. The third-order valence-corrected chi connectivity index (χ3v) is 12.7. The average Bonchev–Trinajstić information content (AvgIpc) is 3.95. The molecule has 2 nitrogen and oxygen atoms in total. The number of benzene rings is 8. The zero-order valence-corrected chi connectivity index (χ0v) is 29.6. The number of aromatic amines is 1. The van der Waals surface area contributed by atoms with Crippen LogP contribution in [-0.4, -0.2) is 9.55 Å². The molecule has 0 aliphatic carbocycles. The van der Waals surface area contributed by atoms with E-state index in [1.165, 1.54) is 101 Å². The van der Waals surface area contributed by atoms with Gasteiger partial charge in [-0.15, -0.1) is 22.7 Å². The van der Waals surface area contributed by atoms with Gasteiger partial charge in [0.2, 0.25) is 0 Å². The van der Waals surface area contributed by atoms with E-state index in [-0.39, 0.29) is 0 Å². The lowest BCUT2D eigenvalue weighted by atomic mass is 10.1. The largest absolute Gasteiger partial charge is 0.354 e. The van der Waals surface area contributed by atoms with Crippen molar-refractivity contribution in [1.82, 2.24) is 9.55 Å². The number of rotatable bonds is 2. The van der Waals surface area contributed by atoms with Crippen LogP contribution in [0, 0.1) is 0 Å². The number of fused-ring (bicyclic) bond motifs is 12. The molecule has 8 aromatic carbocycles. The van der Waals surface area contributed by atoms with Crippen LogP contribution in [0.1, 0.15) is 0 Å². The predicted octanol–water partition coefficient (Wildman–Crippen LogP) is 14.5. The van der Waals surface area contributed by atoms with Gasteiger partial charge in [0.25, 0.3) is 0 Å². The Labute approximate surface area is 307 Å². The lowest BCUT2D eigenvalue weighted by Gasteiger charge is -2.10. The molecule has 0 aliphatic heterocycles. The van der Waals surface area contributed by atoms with E-state index in [1.54, 1.807) is 0 Å². The van der Waals surface area contributed by atoms with Crippen LogP contribution in [0.3, 0.4) is 0 Å². The van der Waals surface area contributed by atoms with Crippen molar-refractivity contribution in [3.8, 4) is 16.8 Å². The second kappa shape index (κ2) is 11.7. The van der Waals surface area contributed by atoms with Crippen molar-refractivity contribution in [3.63, 3.8) is 0 Å². The first-order valence-electron chi connectivity index (χ1n) is 17.6. The molecule has 0 atom stereocenters. The molecule has 0 saturated heterocycles. The number of para-hydroxylation sites is 2. The smallest absolute Gasteiger partial charge is 0.0555 e. The van der Waals surface area contributed by atoms with Crippen LogP contribution >= 0.6 is 22.7 Å². The number of hydrogen-bond acceptors (Lipinski definition) is 2. The lowest BCUT2D eigenvalue weighted by Crippen LogP contribution is -1.94. The van der Waals surface area contributed by atoms with Crippen LogP contribution in [0.4, 0.5) is 0 Å². The van der Waals surface area contributed by atoms with Gasteiger partial charge in [0.05, 0.1) is 11.0 Å². The molecule has 4 heteroatoms. The number of thiophene rings is 2. The molecule has 0 radical (unpaired) electrons. The number of H-pyrrole nitrogens is 1. The highest BCUT2D eigenvalue weighted by Crippen LogP contribution is 2.41. The molecule has 0 spiro atoms. The van der Waals surface area contributed by atoms with Crippen molar-refractivity contribution < 1.29 is 0 Å². The second-order valence-electron chi connectivity index (χ2n) is 13.4. The van der Waals surface area contributed by atoms with Crippen molar-refractivity contribution in [2.75, 3.05) is 0 Å². The minimum absolute atomic E-state index is 1.19. The van der Waals surface area contributed by atoms with E-state index in [4.69, 9.17) is 0 Å². The highest BCUT2D eigenvalue weighted by molar-refractivity contribution is 7.26. The summed E-state index contributed by atoms with van der Waals surface area (Å²) < 4.78 is 7.81. The summed E-state index contributed by atoms with van der Waals surface area (Å²) in [5.41, 5.74) is 8.61. The van der Waals surface area contributed by atoms with Crippen molar-refractivity contribution in [3.05, 3.63) is 176 Å². The fraction of sp³-hybridized carbons (Fsp3) is 0. The van der Waals surface area contributed by atoms with E-state index >= 15 is 0 Å². The Morgan fingerprint density at radius 2 is 0.923 bits per heavy atom. The third-order valence-electron chi connectivity index (χ3n) is 10.4. The molecule has 0 unspecified atom stereocenters. The normalized spacial score (nSPS) is 11.8. The molecular weight excluding hydrogens is 669 g/mol. The van der Waals surface area contributed by atoms with Gasteiger partial charge in [-0.05, 0) is 71.8 Å². The van der Waals surface area contributed by atoms with Crippen LogP contribution in [0.2, 0.25) is 0 Å². The average molecular weight is 699 g/mol. The molecule has 1 N–H and O–H groups in total. The van der Waals surface area contributed by atoms with Crippen molar-refractivity contribution in [1.29, 1.82) is 0 Å². The van der Waals surface area contributed by atoms with E-state index in [1.807, 2.05) is 22.7 Å². The van der Waals surface area contributed by atoms with E-state index in [9.17, 15) is 0 Å². The van der Waals surface area contributed by atoms with Gasteiger partial charge in [-0.2, -0.15) is 0 Å². The first-order valence-corrected chi connectivity index (χ1v) is 19.2. The summed E-state index contributed by atoms with van der Waals surface area (Å²) in [6, 6.07) is 63.5. The molecular formula is C48H30N2S2. The van der Waals surface area contributed by atoms with Gasteiger partial charge in [0.15, 0.2) is 0 Å². The fourth-order valence-electron chi connectivity index (χ4n) is 7.99. The maximum atomic E-state index is 3.52. The minimum atomic E-state index is 1.19. The van der Waals surface area contributed by atoms with Gasteiger partial charge in [-0.3, -0.25) is 0 Å². The van der Waals surface area contributed by atoms with Crippen LogP contribution in [0.5, 0.6) is 0 Å². The van der Waals surface area contributed by atoms with E-state index in [0.717, 1.165) is 0 Å². The minimum Gasteiger partial charge on any atom is -0.354 e. The molecule has 52 heavy (non-hydrogen) atoms.